The van der Waals surface area contributed by atoms with Gasteiger partial charge in [0.25, 0.3) is 5.91 Å². The number of benzene rings is 2. The Morgan fingerprint density at radius 2 is 2.09 bits per heavy atom. The molecule has 1 aromatic heterocycles. The molecule has 6 heteroatoms. The van der Waals surface area contributed by atoms with E-state index in [1.807, 2.05) is 48.0 Å². The van der Waals surface area contributed by atoms with Crippen molar-refractivity contribution in [1.82, 2.24) is 9.99 Å². The van der Waals surface area contributed by atoms with Gasteiger partial charge in [-0.3, -0.25) is 4.79 Å². The number of carbonyl (C=O) groups is 1. The number of thiazole rings is 1. The Hall–Kier alpha value is -2.44. The third kappa shape index (κ3) is 3.33. The van der Waals surface area contributed by atoms with E-state index in [1.54, 1.807) is 19.2 Å². The van der Waals surface area contributed by atoms with Crippen LogP contribution in [0, 0.1) is 0 Å². The Bertz CT molecular complexity index is 911. The predicted octanol–water partition coefficient (Wildman–Crippen LogP) is 2.63. The van der Waals surface area contributed by atoms with Crippen molar-refractivity contribution in [2.75, 3.05) is 7.11 Å². The molecule has 0 aliphatic carbocycles. The van der Waals surface area contributed by atoms with Crippen molar-refractivity contribution in [3.63, 3.8) is 0 Å². The molecule has 0 spiro atoms. The number of rotatable bonds is 4. The SMILES string of the molecule is COCc1cccc(C(=O)N/N=c2/sc3ccccc3n2C)c1. The van der Waals surface area contributed by atoms with Crippen LogP contribution in [0.3, 0.4) is 0 Å². The highest BCUT2D eigenvalue weighted by Crippen LogP contribution is 2.15. The number of aromatic nitrogens is 1. The molecule has 0 saturated heterocycles. The van der Waals surface area contributed by atoms with Crippen LogP contribution in [0.1, 0.15) is 15.9 Å². The largest absolute Gasteiger partial charge is 0.380 e. The summed E-state index contributed by atoms with van der Waals surface area (Å²) in [6.07, 6.45) is 0. The number of nitrogens with one attached hydrogen (secondary N) is 1. The Labute approximate surface area is 137 Å². The third-order valence-electron chi connectivity index (χ3n) is 3.47. The maximum absolute atomic E-state index is 12.3. The van der Waals surface area contributed by atoms with Gasteiger partial charge in [0.15, 0.2) is 0 Å². The van der Waals surface area contributed by atoms with Crippen molar-refractivity contribution >= 4 is 27.5 Å². The van der Waals surface area contributed by atoms with Gasteiger partial charge in [0.1, 0.15) is 0 Å². The number of fused-ring (bicyclic) bond motifs is 1. The topological polar surface area (TPSA) is 55.6 Å². The van der Waals surface area contributed by atoms with Gasteiger partial charge in [-0.15, -0.1) is 5.10 Å². The van der Waals surface area contributed by atoms with Gasteiger partial charge in [-0.05, 0) is 29.8 Å². The lowest BCUT2D eigenvalue weighted by Gasteiger charge is -2.03. The normalized spacial score (nSPS) is 11.8. The number of hydrogen-bond donors (Lipinski definition) is 1. The Morgan fingerprint density at radius 1 is 1.26 bits per heavy atom. The highest BCUT2D eigenvalue weighted by molar-refractivity contribution is 7.16. The average molecular weight is 327 g/mol. The molecule has 118 valence electrons. The number of methoxy groups -OCH3 is 1. The van der Waals surface area contributed by atoms with E-state index in [-0.39, 0.29) is 5.91 Å². The highest BCUT2D eigenvalue weighted by atomic mass is 32.1. The Morgan fingerprint density at radius 3 is 2.87 bits per heavy atom. The standard InChI is InChI=1S/C17H17N3O2S/c1-20-14-8-3-4-9-15(14)23-17(20)19-18-16(21)13-7-5-6-12(10-13)11-22-2/h3-10H,11H2,1-2H3,(H,18,21)/b19-17+. The first-order chi connectivity index (χ1) is 11.2. The van der Waals surface area contributed by atoms with E-state index in [0.717, 1.165) is 20.6 Å². The molecule has 0 saturated carbocycles. The van der Waals surface area contributed by atoms with Crippen molar-refractivity contribution in [1.29, 1.82) is 0 Å². The second-order valence-corrected chi connectivity index (χ2v) is 6.11. The number of ether oxygens (including phenoxy) is 1. The van der Waals surface area contributed by atoms with Crippen LogP contribution in [-0.2, 0) is 18.4 Å². The number of nitrogens with zero attached hydrogens (tertiary/aromatic N) is 2. The summed E-state index contributed by atoms with van der Waals surface area (Å²) >= 11 is 1.53. The molecule has 3 aromatic rings. The fourth-order valence-corrected chi connectivity index (χ4v) is 3.30. The monoisotopic (exact) mass is 327 g/mol. The molecule has 0 aliphatic heterocycles. The quantitative estimate of drug-likeness (QED) is 0.749. The molecule has 5 nitrogen and oxygen atoms in total. The van der Waals surface area contributed by atoms with Crippen LogP contribution in [0.5, 0.6) is 0 Å². The molecule has 1 N–H and O–H groups in total. The minimum absolute atomic E-state index is 0.236. The molecule has 0 radical (unpaired) electrons. The first-order valence-electron chi connectivity index (χ1n) is 7.15. The molecule has 0 unspecified atom stereocenters. The summed E-state index contributed by atoms with van der Waals surface area (Å²) in [5.41, 5.74) is 5.23. The minimum atomic E-state index is -0.236. The molecular weight excluding hydrogens is 310 g/mol. The predicted molar refractivity (Wildman–Crippen MR) is 91.0 cm³/mol. The Balaban J connectivity index is 1.85. The minimum Gasteiger partial charge on any atom is -0.380 e. The number of carbonyl (C=O) groups excluding carboxylic acids is 1. The van der Waals surface area contributed by atoms with Crippen LogP contribution in [0.25, 0.3) is 10.2 Å². The van der Waals surface area contributed by atoms with Crippen molar-refractivity contribution < 1.29 is 9.53 Å². The lowest BCUT2D eigenvalue weighted by molar-refractivity contribution is 0.0952. The van der Waals surface area contributed by atoms with E-state index in [2.05, 4.69) is 10.5 Å². The number of aryl methyl sites for hydroxylation is 1. The van der Waals surface area contributed by atoms with E-state index in [0.29, 0.717) is 12.2 Å². The first-order valence-corrected chi connectivity index (χ1v) is 7.97. The lowest BCUT2D eigenvalue weighted by Crippen LogP contribution is -2.23. The van der Waals surface area contributed by atoms with Gasteiger partial charge in [-0.1, -0.05) is 35.6 Å². The molecule has 23 heavy (non-hydrogen) atoms. The molecule has 1 amide bonds. The molecule has 0 fully saturated rings. The molecule has 0 atom stereocenters. The van der Waals surface area contributed by atoms with Gasteiger partial charge in [0.2, 0.25) is 4.80 Å². The van der Waals surface area contributed by atoms with E-state index in [4.69, 9.17) is 4.74 Å². The van der Waals surface area contributed by atoms with Crippen LogP contribution < -0.4 is 10.2 Å². The maximum atomic E-state index is 12.3. The summed E-state index contributed by atoms with van der Waals surface area (Å²) < 4.78 is 8.17. The van der Waals surface area contributed by atoms with Gasteiger partial charge < -0.3 is 9.30 Å². The van der Waals surface area contributed by atoms with Crippen molar-refractivity contribution in [2.24, 2.45) is 12.1 Å². The van der Waals surface area contributed by atoms with Gasteiger partial charge >= 0.3 is 0 Å². The zero-order valence-electron chi connectivity index (χ0n) is 12.9. The number of amides is 1. The highest BCUT2D eigenvalue weighted by Gasteiger charge is 2.06. The van der Waals surface area contributed by atoms with Crippen LogP contribution in [-0.4, -0.2) is 17.6 Å². The van der Waals surface area contributed by atoms with Crippen molar-refractivity contribution in [3.05, 3.63) is 64.5 Å². The van der Waals surface area contributed by atoms with Crippen LogP contribution in [0.4, 0.5) is 0 Å². The number of hydrogen-bond acceptors (Lipinski definition) is 4. The second-order valence-electron chi connectivity index (χ2n) is 5.10. The average Bonchev–Trinajstić information content (AvgIpc) is 2.90. The smallest absolute Gasteiger partial charge is 0.271 e. The third-order valence-corrected chi connectivity index (χ3v) is 4.58. The zero-order chi connectivity index (χ0) is 16.2. The fraction of sp³-hybridized carbons (Fsp3) is 0.176. The zero-order valence-corrected chi connectivity index (χ0v) is 13.8. The summed E-state index contributed by atoms with van der Waals surface area (Å²) in [7, 11) is 3.56. The van der Waals surface area contributed by atoms with E-state index >= 15 is 0 Å². The molecule has 3 rings (SSSR count). The van der Waals surface area contributed by atoms with Crippen LogP contribution >= 0.6 is 11.3 Å². The van der Waals surface area contributed by atoms with Gasteiger partial charge in [-0.2, -0.15) is 0 Å². The van der Waals surface area contributed by atoms with Gasteiger partial charge in [0, 0.05) is 19.7 Å². The summed E-state index contributed by atoms with van der Waals surface area (Å²) in [5.74, 6) is -0.236. The molecule has 0 bridgehead atoms. The summed E-state index contributed by atoms with van der Waals surface area (Å²) in [6, 6.07) is 15.4. The van der Waals surface area contributed by atoms with E-state index in [9.17, 15) is 4.79 Å². The first kappa shape index (κ1) is 15.5. The van der Waals surface area contributed by atoms with Crippen molar-refractivity contribution in [3.8, 4) is 0 Å². The number of para-hydroxylation sites is 1. The lowest BCUT2D eigenvalue weighted by atomic mass is 10.1. The maximum Gasteiger partial charge on any atom is 0.271 e. The summed E-state index contributed by atoms with van der Waals surface area (Å²) in [5, 5.41) is 4.25. The van der Waals surface area contributed by atoms with E-state index < -0.39 is 0 Å². The summed E-state index contributed by atoms with van der Waals surface area (Å²) in [6.45, 7) is 0.476. The van der Waals surface area contributed by atoms with Crippen LogP contribution in [0.15, 0.2) is 53.6 Å². The van der Waals surface area contributed by atoms with Gasteiger partial charge in [0.05, 0.1) is 16.8 Å². The van der Waals surface area contributed by atoms with Gasteiger partial charge in [-0.25, -0.2) is 5.43 Å². The van der Waals surface area contributed by atoms with E-state index in [1.165, 1.54) is 11.3 Å². The fourth-order valence-electron chi connectivity index (χ4n) is 2.32. The molecular formula is C17H17N3O2S. The van der Waals surface area contributed by atoms with Crippen molar-refractivity contribution in [2.45, 2.75) is 6.61 Å². The molecule has 0 aliphatic rings. The summed E-state index contributed by atoms with van der Waals surface area (Å²) in [4.78, 5) is 13.0. The van der Waals surface area contributed by atoms with Crippen LogP contribution in [0.2, 0.25) is 0 Å². The second kappa shape index (κ2) is 6.76. The molecule has 2 aromatic carbocycles. The Kier molecular flexibility index (Phi) is 4.55. The molecule has 1 heterocycles.